The average Bonchev–Trinajstić information content (AvgIpc) is 2.59. The van der Waals surface area contributed by atoms with Crippen molar-refractivity contribution < 1.29 is 19.1 Å². The van der Waals surface area contributed by atoms with E-state index in [0.29, 0.717) is 28.7 Å². The highest BCUT2D eigenvalue weighted by atomic mass is 32.1. The number of carbonyl (C=O) groups excluding carboxylic acids is 2. The van der Waals surface area contributed by atoms with Crippen LogP contribution >= 0.6 is 12.2 Å². The molecule has 0 radical (unpaired) electrons. The van der Waals surface area contributed by atoms with E-state index in [1.54, 1.807) is 25.1 Å². The van der Waals surface area contributed by atoms with Crippen molar-refractivity contribution in [3.05, 3.63) is 41.1 Å². The van der Waals surface area contributed by atoms with Crippen LogP contribution in [0.3, 0.4) is 0 Å². The van der Waals surface area contributed by atoms with Crippen LogP contribution in [-0.2, 0) is 19.1 Å². The number of rotatable bonds is 6. The minimum absolute atomic E-state index is 0.166. The van der Waals surface area contributed by atoms with E-state index in [4.69, 9.17) is 21.7 Å². The maximum atomic E-state index is 12.7. The smallest absolute Gasteiger partial charge is 0.338 e. The van der Waals surface area contributed by atoms with Gasteiger partial charge in [-0.2, -0.15) is 0 Å². The van der Waals surface area contributed by atoms with Crippen LogP contribution in [0.1, 0.15) is 25.5 Å². The first kappa shape index (κ1) is 19.9. The van der Waals surface area contributed by atoms with Crippen molar-refractivity contribution in [2.24, 2.45) is 0 Å². The number of ether oxygens (including phenoxy) is 2. The molecule has 1 aliphatic rings. The first-order valence-corrected chi connectivity index (χ1v) is 8.54. The Kier molecular flexibility index (Phi) is 6.70. The van der Waals surface area contributed by atoms with Crippen molar-refractivity contribution >= 4 is 34.9 Å². The molecule has 2 rings (SSSR count). The Bertz CT molecular complexity index is 748. The summed E-state index contributed by atoms with van der Waals surface area (Å²) in [6, 6.07) is 6.80. The Balaban J connectivity index is 2.39. The normalized spacial score (nSPS) is 17.0. The molecule has 0 aliphatic carbocycles. The fraction of sp³-hybridized carbons (Fsp3) is 0.389. The van der Waals surface area contributed by atoms with Crippen molar-refractivity contribution in [1.29, 1.82) is 0 Å². The van der Waals surface area contributed by atoms with Crippen molar-refractivity contribution in [3.63, 3.8) is 0 Å². The number of thiocarbonyl (C=S) groups is 1. The minimum atomic E-state index is -0.470. The van der Waals surface area contributed by atoms with Gasteiger partial charge in [-0.25, -0.2) is 4.79 Å². The zero-order chi connectivity index (χ0) is 19.3. The summed E-state index contributed by atoms with van der Waals surface area (Å²) in [5.74, 6) is -0.601. The predicted molar refractivity (Wildman–Crippen MR) is 103 cm³/mol. The van der Waals surface area contributed by atoms with Gasteiger partial charge in [-0.3, -0.25) is 4.79 Å². The molecule has 140 valence electrons. The monoisotopic (exact) mass is 377 g/mol. The van der Waals surface area contributed by atoms with Crippen LogP contribution in [0.5, 0.6) is 0 Å². The van der Waals surface area contributed by atoms with Gasteiger partial charge in [-0.1, -0.05) is 12.1 Å². The molecule has 0 saturated heterocycles. The Labute approximate surface area is 158 Å². The third-order valence-corrected chi connectivity index (χ3v) is 4.43. The highest BCUT2D eigenvalue weighted by Gasteiger charge is 2.33. The van der Waals surface area contributed by atoms with Gasteiger partial charge in [0.15, 0.2) is 5.11 Å². The number of methoxy groups -OCH3 is 1. The van der Waals surface area contributed by atoms with Gasteiger partial charge in [0.25, 0.3) is 0 Å². The number of hydrogen-bond donors (Lipinski definition) is 2. The summed E-state index contributed by atoms with van der Waals surface area (Å²) in [6.45, 7) is 3.75. The molecule has 1 aromatic carbocycles. The third-order valence-electron chi connectivity index (χ3n) is 4.03. The van der Waals surface area contributed by atoms with E-state index in [2.05, 4.69) is 10.6 Å². The van der Waals surface area contributed by atoms with Crippen LogP contribution in [0.25, 0.3) is 0 Å². The Hall–Kier alpha value is -2.45. The van der Waals surface area contributed by atoms with E-state index in [9.17, 15) is 9.59 Å². The number of anilines is 1. The fourth-order valence-corrected chi connectivity index (χ4v) is 2.90. The van der Waals surface area contributed by atoms with Gasteiger partial charge in [0.2, 0.25) is 5.91 Å². The average molecular weight is 377 g/mol. The lowest BCUT2D eigenvalue weighted by molar-refractivity contribution is -0.140. The number of nitrogens with zero attached hydrogens (tertiary/aromatic N) is 1. The first-order chi connectivity index (χ1) is 12.3. The quantitative estimate of drug-likeness (QED) is 0.446. The lowest BCUT2D eigenvalue weighted by Crippen LogP contribution is -2.46. The molecule has 0 spiro atoms. The summed E-state index contributed by atoms with van der Waals surface area (Å²) in [5, 5.41) is 6.42. The molecule has 1 aromatic rings. The van der Waals surface area contributed by atoms with Gasteiger partial charge in [-0.15, -0.1) is 0 Å². The lowest BCUT2D eigenvalue weighted by atomic mass is 9.95. The molecular weight excluding hydrogens is 354 g/mol. The maximum absolute atomic E-state index is 12.7. The number of allylic oxidation sites excluding steroid dienone is 1. The van der Waals surface area contributed by atoms with Gasteiger partial charge >= 0.3 is 5.97 Å². The van der Waals surface area contributed by atoms with Crippen molar-refractivity contribution in [1.82, 2.24) is 10.2 Å². The molecular formula is C18H23N3O4S. The van der Waals surface area contributed by atoms with Crippen molar-refractivity contribution in [3.8, 4) is 0 Å². The van der Waals surface area contributed by atoms with E-state index in [0.717, 1.165) is 5.56 Å². The second-order valence-electron chi connectivity index (χ2n) is 5.88. The summed E-state index contributed by atoms with van der Waals surface area (Å²) in [6.07, 6.45) is 0. The van der Waals surface area contributed by atoms with E-state index < -0.39 is 12.0 Å². The molecule has 0 bridgehead atoms. The molecule has 1 heterocycles. The Morgan fingerprint density at radius 1 is 1.35 bits per heavy atom. The molecule has 8 heteroatoms. The van der Waals surface area contributed by atoms with Gasteiger partial charge in [-0.05, 0) is 36.8 Å². The maximum Gasteiger partial charge on any atom is 0.338 e. The van der Waals surface area contributed by atoms with E-state index in [-0.39, 0.29) is 12.5 Å². The minimum Gasteiger partial charge on any atom is -0.460 e. The van der Waals surface area contributed by atoms with E-state index in [1.165, 1.54) is 6.92 Å². The number of nitrogens with one attached hydrogen (secondary N) is 2. The zero-order valence-corrected chi connectivity index (χ0v) is 16.1. The summed E-state index contributed by atoms with van der Waals surface area (Å²) < 4.78 is 10.2. The van der Waals surface area contributed by atoms with Gasteiger partial charge < -0.3 is 25.0 Å². The van der Waals surface area contributed by atoms with Gasteiger partial charge in [0.05, 0.1) is 18.2 Å². The van der Waals surface area contributed by atoms with Crippen LogP contribution < -0.4 is 10.6 Å². The van der Waals surface area contributed by atoms with Crippen LogP contribution in [0.2, 0.25) is 0 Å². The number of carbonyl (C=O) groups is 2. The molecule has 7 nitrogen and oxygen atoms in total. The lowest BCUT2D eigenvalue weighted by Gasteiger charge is -2.35. The Morgan fingerprint density at radius 3 is 2.73 bits per heavy atom. The largest absolute Gasteiger partial charge is 0.460 e. The molecule has 0 fully saturated rings. The topological polar surface area (TPSA) is 79.9 Å². The molecule has 1 unspecified atom stereocenters. The third kappa shape index (κ3) is 4.59. The first-order valence-electron chi connectivity index (χ1n) is 8.13. The molecule has 1 atom stereocenters. The highest BCUT2D eigenvalue weighted by molar-refractivity contribution is 7.80. The molecule has 26 heavy (non-hydrogen) atoms. The molecule has 0 aromatic heterocycles. The Morgan fingerprint density at radius 2 is 2.08 bits per heavy atom. The zero-order valence-electron chi connectivity index (χ0n) is 15.3. The number of esters is 1. The van der Waals surface area contributed by atoms with Crippen LogP contribution in [0.15, 0.2) is 35.5 Å². The molecule has 0 saturated carbocycles. The van der Waals surface area contributed by atoms with Crippen LogP contribution in [-0.4, -0.2) is 49.3 Å². The van der Waals surface area contributed by atoms with Crippen LogP contribution in [0.4, 0.5) is 5.69 Å². The highest BCUT2D eigenvalue weighted by Crippen LogP contribution is 2.31. The van der Waals surface area contributed by atoms with Gasteiger partial charge in [0.1, 0.15) is 6.61 Å². The summed E-state index contributed by atoms with van der Waals surface area (Å²) in [7, 11) is 3.33. The number of benzene rings is 1. The number of hydrogen-bond acceptors (Lipinski definition) is 5. The molecule has 1 aliphatic heterocycles. The van der Waals surface area contributed by atoms with Gasteiger partial charge in [0, 0.05) is 32.5 Å². The standard InChI is InChI=1S/C18H23N3O4S/c1-11-15(17(23)25-9-8-24-4)16(20-18(26)21(11)3)13-6-5-7-14(10-13)19-12(2)22/h5-7,10,16H,8-9H2,1-4H3,(H,19,22)(H,20,26). The summed E-state index contributed by atoms with van der Waals surface area (Å²) in [4.78, 5) is 25.7. The summed E-state index contributed by atoms with van der Waals surface area (Å²) in [5.41, 5.74) is 2.62. The number of amides is 1. The van der Waals surface area contributed by atoms with Crippen molar-refractivity contribution in [2.75, 3.05) is 32.7 Å². The second-order valence-corrected chi connectivity index (χ2v) is 6.26. The molecule has 1 amide bonds. The predicted octanol–water partition coefficient (Wildman–Crippen LogP) is 1.97. The van der Waals surface area contributed by atoms with E-state index in [1.807, 2.05) is 25.1 Å². The van der Waals surface area contributed by atoms with Crippen LogP contribution in [0, 0.1) is 0 Å². The molecule has 2 N–H and O–H groups in total. The summed E-state index contributed by atoms with van der Waals surface area (Å²) >= 11 is 5.37. The van der Waals surface area contributed by atoms with Crippen molar-refractivity contribution in [2.45, 2.75) is 19.9 Å². The fourth-order valence-electron chi connectivity index (χ4n) is 2.64. The SMILES string of the molecule is COCCOC(=O)C1=C(C)N(C)C(=S)NC1c1cccc(NC(C)=O)c1. The second kappa shape index (κ2) is 8.77. The van der Waals surface area contributed by atoms with E-state index >= 15 is 0 Å².